The molecule has 0 aliphatic carbocycles. The average molecular weight is 858 g/mol. The molecule has 0 bridgehead atoms. The number of carbonyl (C=O) groups is 2. The van der Waals surface area contributed by atoms with E-state index >= 15 is 0 Å². The molecule has 9 nitrogen and oxygen atoms in total. The fourth-order valence-corrected chi connectivity index (χ4v) is 8.16. The first kappa shape index (κ1) is 57.8. The SMILES string of the molecule is CCCCCCCCCC/C=C\CCCCCCCCCCCCCCCCCCCCCC(=O)OC(COC(=O)CCCCCCCCC)COP(=O)(O)OCCN. The van der Waals surface area contributed by atoms with E-state index in [1.54, 1.807) is 0 Å². The van der Waals surface area contributed by atoms with Crippen molar-refractivity contribution in [2.24, 2.45) is 5.73 Å². The Labute approximate surface area is 364 Å². The number of esters is 2. The van der Waals surface area contributed by atoms with Crippen LogP contribution in [0.25, 0.3) is 0 Å². The summed E-state index contributed by atoms with van der Waals surface area (Å²) in [5.74, 6) is -0.822. The van der Waals surface area contributed by atoms with Gasteiger partial charge in [-0.2, -0.15) is 0 Å². The van der Waals surface area contributed by atoms with E-state index in [-0.39, 0.29) is 38.6 Å². The molecule has 0 saturated carbocycles. The number of hydrogen-bond donors (Lipinski definition) is 2. The van der Waals surface area contributed by atoms with E-state index in [0.29, 0.717) is 6.42 Å². The van der Waals surface area contributed by atoms with Crippen molar-refractivity contribution in [3.8, 4) is 0 Å². The fraction of sp³-hybridized carbons (Fsp3) is 0.918. The van der Waals surface area contributed by atoms with Gasteiger partial charge in [0.1, 0.15) is 6.61 Å². The van der Waals surface area contributed by atoms with Crippen molar-refractivity contribution in [1.29, 1.82) is 0 Å². The first-order valence-electron chi connectivity index (χ1n) is 25.2. The van der Waals surface area contributed by atoms with Gasteiger partial charge in [0.05, 0.1) is 13.2 Å². The van der Waals surface area contributed by atoms with Gasteiger partial charge in [0.2, 0.25) is 0 Å². The molecule has 10 heteroatoms. The van der Waals surface area contributed by atoms with Gasteiger partial charge in [-0.05, 0) is 38.5 Å². The highest BCUT2D eigenvalue weighted by molar-refractivity contribution is 7.47. The van der Waals surface area contributed by atoms with Crippen molar-refractivity contribution < 1.29 is 37.6 Å². The Morgan fingerprint density at radius 3 is 1.20 bits per heavy atom. The third kappa shape index (κ3) is 46.1. The second-order valence-electron chi connectivity index (χ2n) is 17.0. The molecule has 2 atom stereocenters. The Morgan fingerprint density at radius 1 is 0.492 bits per heavy atom. The van der Waals surface area contributed by atoms with Crippen LogP contribution in [0.1, 0.15) is 258 Å². The Hall–Kier alpha value is -1.25. The van der Waals surface area contributed by atoms with Crippen LogP contribution in [0, 0.1) is 0 Å². The highest BCUT2D eigenvalue weighted by atomic mass is 31.2. The summed E-state index contributed by atoms with van der Waals surface area (Å²) in [5, 5.41) is 0. The van der Waals surface area contributed by atoms with Crippen molar-refractivity contribution in [1.82, 2.24) is 0 Å². The first-order valence-corrected chi connectivity index (χ1v) is 26.7. The zero-order valence-corrected chi connectivity index (χ0v) is 39.7. The van der Waals surface area contributed by atoms with Gasteiger partial charge in [0, 0.05) is 19.4 Å². The number of carbonyl (C=O) groups excluding carboxylic acids is 2. The quantitative estimate of drug-likeness (QED) is 0.0265. The van der Waals surface area contributed by atoms with Crippen LogP contribution >= 0.6 is 7.82 Å². The molecule has 0 heterocycles. The molecule has 2 unspecified atom stereocenters. The molecule has 0 radical (unpaired) electrons. The van der Waals surface area contributed by atoms with Crippen LogP contribution in [0.15, 0.2) is 12.2 Å². The standard InChI is InChI=1S/C49H96NO8P/c1-3-5-7-9-11-12-13-14-15-16-17-18-19-20-21-22-23-24-25-26-27-28-29-30-31-32-33-34-36-38-40-42-49(52)58-47(46-57-59(53,54)56-44-43-50)45-55-48(51)41-39-37-35-10-8-6-4-2/h16-17,47H,3-15,18-46,50H2,1-2H3,(H,53,54)/b17-16-. The molecular formula is C49H96NO8P. The molecule has 0 aliphatic rings. The lowest BCUT2D eigenvalue weighted by atomic mass is 10.0. The molecule has 0 aromatic carbocycles. The summed E-state index contributed by atoms with van der Waals surface area (Å²) in [7, 11) is -4.37. The predicted molar refractivity (Wildman–Crippen MR) is 248 cm³/mol. The second-order valence-corrected chi connectivity index (χ2v) is 18.5. The van der Waals surface area contributed by atoms with Crippen molar-refractivity contribution >= 4 is 19.8 Å². The normalized spacial score (nSPS) is 13.2. The Morgan fingerprint density at radius 2 is 0.831 bits per heavy atom. The molecule has 0 amide bonds. The monoisotopic (exact) mass is 858 g/mol. The van der Waals surface area contributed by atoms with Gasteiger partial charge >= 0.3 is 19.8 Å². The number of rotatable bonds is 48. The van der Waals surface area contributed by atoms with Crippen molar-refractivity contribution in [3.63, 3.8) is 0 Å². The van der Waals surface area contributed by atoms with Crippen LogP contribution in [0.4, 0.5) is 0 Å². The maximum atomic E-state index is 12.6. The molecule has 0 aliphatic heterocycles. The van der Waals surface area contributed by atoms with Crippen LogP contribution in [0.3, 0.4) is 0 Å². The highest BCUT2D eigenvalue weighted by Crippen LogP contribution is 2.43. The minimum atomic E-state index is -4.37. The minimum Gasteiger partial charge on any atom is -0.462 e. The van der Waals surface area contributed by atoms with Gasteiger partial charge in [0.15, 0.2) is 6.10 Å². The van der Waals surface area contributed by atoms with Gasteiger partial charge in [-0.15, -0.1) is 0 Å². The Bertz CT molecular complexity index is 980. The van der Waals surface area contributed by atoms with Gasteiger partial charge < -0.3 is 20.1 Å². The van der Waals surface area contributed by atoms with Crippen molar-refractivity contribution in [2.45, 2.75) is 264 Å². The molecular weight excluding hydrogens is 762 g/mol. The summed E-state index contributed by atoms with van der Waals surface area (Å²) >= 11 is 0. The Balaban J connectivity index is 3.76. The average Bonchev–Trinajstić information content (AvgIpc) is 3.22. The molecule has 0 spiro atoms. The minimum absolute atomic E-state index is 0.0568. The number of unbranched alkanes of at least 4 members (excludes halogenated alkanes) is 33. The van der Waals surface area contributed by atoms with Crippen LogP contribution < -0.4 is 5.73 Å². The third-order valence-electron chi connectivity index (χ3n) is 11.2. The van der Waals surface area contributed by atoms with Crippen molar-refractivity contribution in [2.75, 3.05) is 26.4 Å². The predicted octanol–water partition coefficient (Wildman–Crippen LogP) is 15.0. The van der Waals surface area contributed by atoms with Gasteiger partial charge in [-0.1, -0.05) is 219 Å². The molecule has 0 fully saturated rings. The zero-order chi connectivity index (χ0) is 43.2. The summed E-state index contributed by atoms with van der Waals surface area (Å²) in [6.07, 6.45) is 50.2. The van der Waals surface area contributed by atoms with Crippen LogP contribution in [0.5, 0.6) is 0 Å². The fourth-order valence-electron chi connectivity index (χ4n) is 7.40. The van der Waals surface area contributed by atoms with E-state index < -0.39 is 26.5 Å². The largest absolute Gasteiger partial charge is 0.472 e. The topological polar surface area (TPSA) is 134 Å². The number of phosphoric ester groups is 1. The number of nitrogens with two attached hydrogens (primary N) is 1. The molecule has 350 valence electrons. The van der Waals surface area contributed by atoms with E-state index in [1.165, 1.54) is 193 Å². The maximum absolute atomic E-state index is 12.6. The molecule has 0 aromatic heterocycles. The smallest absolute Gasteiger partial charge is 0.462 e. The van der Waals surface area contributed by atoms with E-state index in [9.17, 15) is 19.0 Å². The van der Waals surface area contributed by atoms with E-state index in [1.807, 2.05) is 0 Å². The molecule has 0 rings (SSSR count). The number of ether oxygens (including phenoxy) is 2. The first-order chi connectivity index (χ1) is 28.8. The lowest BCUT2D eigenvalue weighted by molar-refractivity contribution is -0.161. The summed E-state index contributed by atoms with van der Waals surface area (Å²) in [4.78, 5) is 34.7. The number of hydrogen-bond acceptors (Lipinski definition) is 8. The number of allylic oxidation sites excluding steroid dienone is 2. The number of phosphoric acid groups is 1. The lowest BCUT2D eigenvalue weighted by Crippen LogP contribution is -2.29. The second kappa shape index (κ2) is 46.3. The molecule has 0 aromatic rings. The molecule has 59 heavy (non-hydrogen) atoms. The summed E-state index contributed by atoms with van der Waals surface area (Å²) in [6.45, 7) is 3.72. The maximum Gasteiger partial charge on any atom is 0.472 e. The van der Waals surface area contributed by atoms with E-state index in [4.69, 9.17) is 24.3 Å². The van der Waals surface area contributed by atoms with Crippen LogP contribution in [-0.2, 0) is 32.7 Å². The summed E-state index contributed by atoms with van der Waals surface area (Å²) < 4.78 is 32.7. The van der Waals surface area contributed by atoms with Gasteiger partial charge in [-0.3, -0.25) is 18.6 Å². The summed E-state index contributed by atoms with van der Waals surface area (Å²) in [6, 6.07) is 0. The highest BCUT2D eigenvalue weighted by Gasteiger charge is 2.26. The van der Waals surface area contributed by atoms with Crippen molar-refractivity contribution in [3.05, 3.63) is 12.2 Å². The third-order valence-corrected chi connectivity index (χ3v) is 12.1. The summed E-state index contributed by atoms with van der Waals surface area (Å²) in [5.41, 5.74) is 5.34. The Kier molecular flexibility index (Phi) is 45.3. The van der Waals surface area contributed by atoms with E-state index in [2.05, 4.69) is 26.0 Å². The van der Waals surface area contributed by atoms with Crippen LogP contribution in [-0.4, -0.2) is 49.3 Å². The van der Waals surface area contributed by atoms with Gasteiger partial charge in [-0.25, -0.2) is 4.57 Å². The van der Waals surface area contributed by atoms with E-state index in [0.717, 1.165) is 32.1 Å². The lowest BCUT2D eigenvalue weighted by Gasteiger charge is -2.19. The van der Waals surface area contributed by atoms with Crippen LogP contribution in [0.2, 0.25) is 0 Å². The zero-order valence-electron chi connectivity index (χ0n) is 38.8. The molecule has 0 saturated heterocycles. The van der Waals surface area contributed by atoms with Gasteiger partial charge in [0.25, 0.3) is 0 Å². The molecule has 3 N–H and O–H groups in total.